The third-order valence-electron chi connectivity index (χ3n) is 7.88. The molecular weight excluding hydrogens is 568 g/mol. The number of fused-ring (bicyclic) bond motifs is 1. The smallest absolute Gasteiger partial charge is 0.310 e. The number of rotatable bonds is 12. The Hall–Kier alpha value is -2.10. The summed E-state index contributed by atoms with van der Waals surface area (Å²) in [6, 6.07) is 5.21. The number of ether oxygens (including phenoxy) is 1. The number of alkyl halides is 1. The van der Waals surface area contributed by atoms with Crippen LogP contribution in [-0.2, 0) is 19.1 Å². The highest BCUT2D eigenvalue weighted by Crippen LogP contribution is 2.68. The molecule has 1 spiro atoms. The van der Waals surface area contributed by atoms with Gasteiger partial charge >= 0.3 is 5.97 Å². The molecule has 206 valence electrons. The lowest BCUT2D eigenvalue weighted by Crippen LogP contribution is -2.55. The van der Waals surface area contributed by atoms with Crippen molar-refractivity contribution in [1.82, 2.24) is 4.90 Å². The van der Waals surface area contributed by atoms with Crippen LogP contribution in [0.2, 0.25) is 0 Å². The molecule has 9 heteroatoms. The SMILES string of the molecule is C=CCCCOC(=O)[C@H]1[C@H]2C(=O)N(CCCO)C(C(=O)N(CC=C)c3cc(C)ccc3C)C23CC(Br)[C@@H]1S3. The average Bonchev–Trinajstić information content (AvgIpc) is 3.48. The number of esters is 1. The fourth-order valence-corrected chi connectivity index (χ4v) is 9.85. The van der Waals surface area contributed by atoms with Crippen LogP contribution in [0, 0.1) is 25.7 Å². The Labute approximate surface area is 237 Å². The monoisotopic (exact) mass is 604 g/mol. The number of amides is 2. The molecule has 3 fully saturated rings. The quantitative estimate of drug-likeness (QED) is 0.167. The Morgan fingerprint density at radius 3 is 2.74 bits per heavy atom. The van der Waals surface area contributed by atoms with Gasteiger partial charge in [0.2, 0.25) is 5.91 Å². The number of unbranched alkanes of at least 4 members (excludes halogenated alkanes) is 1. The second-order valence-corrected chi connectivity index (χ2v) is 13.1. The number of carbonyl (C=O) groups excluding carboxylic acids is 3. The molecule has 1 aromatic carbocycles. The largest absolute Gasteiger partial charge is 0.465 e. The van der Waals surface area contributed by atoms with Crippen molar-refractivity contribution in [3.63, 3.8) is 0 Å². The predicted octanol–water partition coefficient (Wildman–Crippen LogP) is 4.18. The molecule has 2 amide bonds. The molecule has 3 heterocycles. The van der Waals surface area contributed by atoms with Gasteiger partial charge in [-0.05, 0) is 56.7 Å². The van der Waals surface area contributed by atoms with Crippen molar-refractivity contribution in [3.05, 3.63) is 54.6 Å². The molecule has 3 unspecified atom stereocenters. The molecule has 3 aliphatic rings. The zero-order chi connectivity index (χ0) is 27.6. The molecule has 1 aromatic rings. The van der Waals surface area contributed by atoms with Gasteiger partial charge in [0.1, 0.15) is 6.04 Å². The van der Waals surface area contributed by atoms with E-state index in [0.717, 1.165) is 23.2 Å². The van der Waals surface area contributed by atoms with Gasteiger partial charge in [-0.25, -0.2) is 0 Å². The number of benzene rings is 1. The maximum absolute atomic E-state index is 14.5. The van der Waals surface area contributed by atoms with Crippen molar-refractivity contribution in [3.8, 4) is 0 Å². The number of likely N-dealkylation sites (tertiary alicyclic amines) is 1. The van der Waals surface area contributed by atoms with E-state index in [-0.39, 0.29) is 47.6 Å². The summed E-state index contributed by atoms with van der Waals surface area (Å²) in [4.78, 5) is 45.2. The maximum Gasteiger partial charge on any atom is 0.310 e. The number of halogens is 1. The van der Waals surface area contributed by atoms with Crippen LogP contribution in [0.5, 0.6) is 0 Å². The molecule has 3 aliphatic heterocycles. The molecule has 1 N–H and O–H groups in total. The third kappa shape index (κ3) is 4.97. The number of thioether (sulfide) groups is 1. The summed E-state index contributed by atoms with van der Waals surface area (Å²) in [6.07, 6.45) is 5.85. The summed E-state index contributed by atoms with van der Waals surface area (Å²) in [5.74, 6) is -2.02. The van der Waals surface area contributed by atoms with E-state index < -0.39 is 22.6 Å². The molecule has 7 nitrogen and oxygen atoms in total. The summed E-state index contributed by atoms with van der Waals surface area (Å²) < 4.78 is 4.88. The molecule has 3 saturated heterocycles. The summed E-state index contributed by atoms with van der Waals surface area (Å²) in [6.45, 7) is 12.3. The fraction of sp³-hybridized carbons (Fsp3) is 0.552. The average molecular weight is 606 g/mol. The number of nitrogens with zero attached hydrogens (tertiary/aromatic N) is 2. The minimum absolute atomic E-state index is 0.0241. The molecule has 0 aromatic heterocycles. The summed E-state index contributed by atoms with van der Waals surface area (Å²) in [7, 11) is 0. The van der Waals surface area contributed by atoms with E-state index in [1.165, 1.54) is 0 Å². The van der Waals surface area contributed by atoms with Gasteiger partial charge in [-0.2, -0.15) is 0 Å². The minimum atomic E-state index is -0.764. The molecule has 38 heavy (non-hydrogen) atoms. The van der Waals surface area contributed by atoms with Gasteiger partial charge in [-0.1, -0.05) is 40.2 Å². The number of anilines is 1. The van der Waals surface area contributed by atoms with E-state index >= 15 is 0 Å². The zero-order valence-corrected chi connectivity index (χ0v) is 24.5. The van der Waals surface area contributed by atoms with Crippen molar-refractivity contribution < 1.29 is 24.2 Å². The van der Waals surface area contributed by atoms with E-state index in [1.807, 2.05) is 32.0 Å². The lowest BCUT2D eigenvalue weighted by molar-refractivity contribution is -0.154. The molecule has 0 saturated carbocycles. The molecular formula is C29H37BrN2O5S. The van der Waals surface area contributed by atoms with Crippen molar-refractivity contribution in [2.75, 3.05) is 31.2 Å². The Balaban J connectivity index is 1.74. The normalized spacial score (nSPS) is 29.3. The van der Waals surface area contributed by atoms with Crippen LogP contribution in [0.4, 0.5) is 5.69 Å². The van der Waals surface area contributed by atoms with E-state index in [9.17, 15) is 19.5 Å². The highest BCUT2D eigenvalue weighted by molar-refractivity contribution is 9.09. The zero-order valence-electron chi connectivity index (χ0n) is 22.1. The van der Waals surface area contributed by atoms with Gasteiger partial charge in [-0.3, -0.25) is 14.4 Å². The van der Waals surface area contributed by atoms with Gasteiger partial charge in [0, 0.05) is 35.5 Å². The fourth-order valence-electron chi connectivity index (χ4n) is 6.25. The first-order chi connectivity index (χ1) is 18.2. The molecule has 0 aliphatic carbocycles. The number of aryl methyl sites for hydroxylation is 2. The minimum Gasteiger partial charge on any atom is -0.465 e. The maximum atomic E-state index is 14.5. The second-order valence-electron chi connectivity index (χ2n) is 10.4. The van der Waals surface area contributed by atoms with Crippen LogP contribution in [0.25, 0.3) is 0 Å². The Morgan fingerprint density at radius 1 is 1.29 bits per heavy atom. The summed E-state index contributed by atoms with van der Waals surface area (Å²) in [5, 5.41) is 9.44. The second kappa shape index (κ2) is 12.0. The van der Waals surface area contributed by atoms with Crippen LogP contribution < -0.4 is 4.90 Å². The third-order valence-corrected chi connectivity index (χ3v) is 11.1. The Bertz CT molecular complexity index is 1110. The topological polar surface area (TPSA) is 87.1 Å². The van der Waals surface area contributed by atoms with Crippen LogP contribution in [0.3, 0.4) is 0 Å². The number of allylic oxidation sites excluding steroid dienone is 1. The summed E-state index contributed by atoms with van der Waals surface area (Å²) >= 11 is 5.37. The molecule has 4 rings (SSSR count). The first-order valence-electron chi connectivity index (χ1n) is 13.2. The molecule has 2 bridgehead atoms. The number of hydrogen-bond acceptors (Lipinski definition) is 6. The first kappa shape index (κ1) is 28.9. The van der Waals surface area contributed by atoms with Gasteiger partial charge in [0.25, 0.3) is 5.91 Å². The Kier molecular flexibility index (Phi) is 9.10. The van der Waals surface area contributed by atoms with Crippen molar-refractivity contribution in [2.45, 2.75) is 60.4 Å². The van der Waals surface area contributed by atoms with E-state index in [2.05, 4.69) is 29.1 Å². The van der Waals surface area contributed by atoms with Crippen molar-refractivity contribution in [2.24, 2.45) is 11.8 Å². The molecule has 6 atom stereocenters. The first-order valence-corrected chi connectivity index (χ1v) is 15.0. The van der Waals surface area contributed by atoms with Gasteiger partial charge in [0.05, 0.1) is 23.2 Å². The van der Waals surface area contributed by atoms with Crippen molar-refractivity contribution >= 4 is 51.2 Å². The van der Waals surface area contributed by atoms with Crippen LogP contribution in [0.1, 0.15) is 36.8 Å². The molecule has 0 radical (unpaired) electrons. The van der Waals surface area contributed by atoms with E-state index in [4.69, 9.17) is 4.74 Å². The van der Waals surface area contributed by atoms with Crippen LogP contribution in [0.15, 0.2) is 43.5 Å². The van der Waals surface area contributed by atoms with Crippen LogP contribution >= 0.6 is 27.7 Å². The number of hydrogen-bond donors (Lipinski definition) is 1. The predicted molar refractivity (Wildman–Crippen MR) is 154 cm³/mol. The standard InChI is InChI=1S/C29H37BrN2O5S/c1-5-7-8-15-37-28(36)22-23-26(34)32(13-9-14-33)25(29(23)17-20(30)24(22)38-29)27(35)31(12-6-2)21-16-18(3)10-11-19(21)4/h5-6,10-11,16,20,22-25,33H,1-2,7-9,12-15,17H2,3-4H3/t20?,22-,23-,24-,25?,29?/m0/s1. The van der Waals surface area contributed by atoms with Gasteiger partial charge in [0.15, 0.2) is 0 Å². The van der Waals surface area contributed by atoms with E-state index in [1.54, 1.807) is 33.7 Å². The van der Waals surface area contributed by atoms with Crippen LogP contribution in [-0.4, -0.2) is 75.0 Å². The lowest BCUT2D eigenvalue weighted by Gasteiger charge is -2.38. The number of aliphatic hydroxyl groups is 1. The Morgan fingerprint density at radius 2 is 2.05 bits per heavy atom. The number of aliphatic hydroxyl groups excluding tert-OH is 1. The highest BCUT2D eigenvalue weighted by atomic mass is 79.9. The number of carbonyl (C=O) groups is 3. The highest BCUT2D eigenvalue weighted by Gasteiger charge is 2.76. The van der Waals surface area contributed by atoms with Crippen molar-refractivity contribution in [1.29, 1.82) is 0 Å². The lowest BCUT2D eigenvalue weighted by atomic mass is 9.71. The van der Waals surface area contributed by atoms with Gasteiger partial charge in [-0.15, -0.1) is 24.9 Å². The van der Waals surface area contributed by atoms with Gasteiger partial charge < -0.3 is 19.6 Å². The summed E-state index contributed by atoms with van der Waals surface area (Å²) in [5.41, 5.74) is 2.77. The van der Waals surface area contributed by atoms with E-state index in [0.29, 0.717) is 25.8 Å².